The Balaban J connectivity index is 1.78. The largest absolute Gasteiger partial charge is 0.481 e. The Bertz CT molecular complexity index is 2500. The van der Waals surface area contributed by atoms with E-state index in [1.54, 1.807) is 0 Å². The molecule has 2 heterocycles. The molecule has 0 aliphatic heterocycles. The molecule has 0 saturated carbocycles. The number of nitrogens with two attached hydrogens (primary N) is 3. The fraction of sp³-hybridized carbons (Fsp3) is 0.524. The van der Waals surface area contributed by atoms with Gasteiger partial charge in [-0.05, 0) is 56.9 Å². The molecule has 0 spiro atoms. The maximum atomic E-state index is 13.9. The van der Waals surface area contributed by atoms with Crippen LogP contribution in [0, 0.1) is 0 Å². The number of carboxylic acid groups (broad SMARTS) is 2. The minimum atomic E-state index is -2.53. The number of anilines is 2. The van der Waals surface area contributed by atoms with Crippen molar-refractivity contribution in [1.29, 1.82) is 0 Å². The van der Waals surface area contributed by atoms with Crippen LogP contribution in [-0.2, 0) is 35.3 Å². The molecule has 0 unspecified atom stereocenters. The normalized spacial score (nSPS) is 15.7. The first-order valence-corrected chi connectivity index (χ1v) is 22.5. The molecule has 0 bridgehead atoms. The van der Waals surface area contributed by atoms with E-state index in [0.29, 0.717) is 17.8 Å². The molecule has 0 aliphatic rings. The summed E-state index contributed by atoms with van der Waals surface area (Å²) in [5.74, 6) is -9.82. The zero-order valence-corrected chi connectivity index (χ0v) is 39.6. The number of H-pyrrole nitrogens is 1. The molecule has 0 fully saturated rings. The van der Waals surface area contributed by atoms with E-state index in [4.69, 9.17) is 17.2 Å². The first kappa shape index (κ1) is 60.6. The first-order chi connectivity index (χ1) is 34.9. The van der Waals surface area contributed by atoms with Crippen LogP contribution in [0.4, 0.5) is 11.6 Å². The number of nitrogens with one attached hydrogen (secondary N) is 7. The molecule has 0 aliphatic carbocycles. The Morgan fingerprint density at radius 3 is 1.86 bits per heavy atom. The highest BCUT2D eigenvalue weighted by Gasteiger charge is 2.41. The molecule has 2 aromatic heterocycles. The molecule has 23 N–H and O–H groups in total. The number of rotatable bonds is 31. The number of aliphatic hydroxyl groups excluding tert-OH is 8. The van der Waals surface area contributed by atoms with E-state index in [1.165, 1.54) is 37.4 Å². The number of aliphatic imine (C=N–C) groups is 1. The zero-order chi connectivity index (χ0) is 55.4. The number of carbonyl (C=O) groups is 7. The quantitative estimate of drug-likeness (QED) is 0.0162. The van der Waals surface area contributed by atoms with E-state index in [0.717, 1.165) is 0 Å². The lowest BCUT2D eigenvalue weighted by Gasteiger charge is -2.32. The third-order valence-corrected chi connectivity index (χ3v) is 10.9. The number of aliphatic carboxylic acids is 2. The predicted molar refractivity (Wildman–Crippen MR) is 255 cm³/mol. The van der Waals surface area contributed by atoms with Crippen LogP contribution < -0.4 is 54.7 Å². The van der Waals surface area contributed by atoms with Gasteiger partial charge in [0.05, 0.1) is 31.6 Å². The lowest BCUT2D eigenvalue weighted by atomic mass is 9.98. The number of carbonyl (C=O) groups excluding carboxylic acids is 5. The van der Waals surface area contributed by atoms with Crippen LogP contribution in [-0.4, -0.2) is 205 Å². The SMILES string of the molecule is C[C@H](CCCN=C(N)N)NC(=O)[C@@H](NC(=O)[C@H](CCC(=O)O)NC(=O)[C@@H](NC(=O)CC[C@H](NC(=O)c1ccc(NCc2cnc3nc(N)[nH]c(=O)c3n2)cc1)C(=O)O)[C@@H](O)[C@H](O)[C@H](O)CO)[C@@H](O)[C@H](O)[C@H](O)CO. The van der Waals surface area contributed by atoms with Crippen molar-refractivity contribution in [1.82, 2.24) is 46.5 Å². The van der Waals surface area contributed by atoms with Crippen LogP contribution in [0.2, 0.25) is 0 Å². The average molecular weight is 1050 g/mol. The Morgan fingerprint density at radius 2 is 1.30 bits per heavy atom. The van der Waals surface area contributed by atoms with Crippen molar-refractivity contribution in [2.24, 2.45) is 16.5 Å². The number of amides is 5. The molecule has 0 saturated heterocycles. The molecule has 32 heteroatoms. The summed E-state index contributed by atoms with van der Waals surface area (Å²) in [7, 11) is 0. The van der Waals surface area contributed by atoms with Crippen LogP contribution in [0.25, 0.3) is 11.2 Å². The molecule has 5 amide bonds. The molecule has 32 nitrogen and oxygen atoms in total. The van der Waals surface area contributed by atoms with Crippen molar-refractivity contribution < 1.29 is 84.6 Å². The van der Waals surface area contributed by atoms with Gasteiger partial charge in [-0.2, -0.15) is 4.98 Å². The molecule has 11 atom stereocenters. The second-order valence-electron chi connectivity index (χ2n) is 16.7. The Labute approximate surface area is 418 Å². The monoisotopic (exact) mass is 1050 g/mol. The summed E-state index contributed by atoms with van der Waals surface area (Å²) in [4.78, 5) is 122. The highest BCUT2D eigenvalue weighted by Crippen LogP contribution is 2.15. The van der Waals surface area contributed by atoms with Crippen LogP contribution in [0.5, 0.6) is 0 Å². The smallest absolute Gasteiger partial charge is 0.326 e. The number of nitrogen functional groups attached to an aromatic ring is 1. The minimum absolute atomic E-state index is 0.0318. The van der Waals surface area contributed by atoms with Gasteiger partial charge in [-0.1, -0.05) is 0 Å². The highest BCUT2D eigenvalue weighted by atomic mass is 16.4. The van der Waals surface area contributed by atoms with Crippen molar-refractivity contribution in [3.63, 3.8) is 0 Å². The third-order valence-electron chi connectivity index (χ3n) is 10.9. The number of aromatic nitrogens is 4. The average Bonchev–Trinajstić information content (AvgIpc) is 3.36. The van der Waals surface area contributed by atoms with Crippen molar-refractivity contribution in [2.45, 2.75) is 119 Å². The number of guanidine groups is 1. The summed E-state index contributed by atoms with van der Waals surface area (Å²) < 4.78 is 0. The van der Waals surface area contributed by atoms with Gasteiger partial charge >= 0.3 is 11.9 Å². The van der Waals surface area contributed by atoms with Gasteiger partial charge in [0, 0.05) is 36.7 Å². The van der Waals surface area contributed by atoms with Gasteiger partial charge in [0.2, 0.25) is 29.6 Å². The van der Waals surface area contributed by atoms with Gasteiger partial charge in [0.25, 0.3) is 11.5 Å². The van der Waals surface area contributed by atoms with Gasteiger partial charge in [0.15, 0.2) is 17.1 Å². The number of fused-ring (bicyclic) bond motifs is 1. The van der Waals surface area contributed by atoms with Gasteiger partial charge in [-0.15, -0.1) is 0 Å². The zero-order valence-electron chi connectivity index (χ0n) is 39.6. The number of carboxylic acids is 2. The number of benzene rings is 1. The van der Waals surface area contributed by atoms with Crippen LogP contribution in [0.3, 0.4) is 0 Å². The topological polar surface area (TPSA) is 556 Å². The molecule has 3 aromatic rings. The molecule has 0 radical (unpaired) electrons. The first-order valence-electron chi connectivity index (χ1n) is 22.5. The lowest BCUT2D eigenvalue weighted by Crippen LogP contribution is -2.64. The van der Waals surface area contributed by atoms with Crippen molar-refractivity contribution in [2.75, 3.05) is 30.8 Å². The molecule has 1 aromatic carbocycles. The number of aliphatic hydroxyl groups is 8. The summed E-state index contributed by atoms with van der Waals surface area (Å²) in [6, 6.07) is -3.53. The molecule has 3 rings (SSSR count). The second-order valence-corrected chi connectivity index (χ2v) is 16.7. The molecular weight excluding hydrogens is 989 g/mol. The standard InChI is InChI=1S/C42H62N14O18/c1-17(3-2-12-46-41(43)44)49-37(70)28(33(67)31(65)24(60)16-58)54-36(69)21(9-11-26(62)63)51-38(71)27(32(66)30(64)23(59)15-57)53-25(61)10-8-22(40(73)74)52-35(68)18-4-6-19(7-5-18)47-13-20-14-48-34-29(50-20)39(72)56-42(45)55-34/h4-7,14,17,21-24,27-28,30-33,47,57-60,64-67H,2-3,8-13,15-16H2,1H3,(H,49,70)(H,51,71)(H,52,68)(H,53,61)(H,54,69)(H,62,63)(H,73,74)(H4,43,44,46)(H3,45,48,55,56,72)/t17-,21+,22+,23-,24-,27+,28+,30-,31-,32-,33-/m1/s1. The number of hydrogen-bond donors (Lipinski definition) is 20. The highest BCUT2D eigenvalue weighted by molar-refractivity contribution is 5.97. The van der Waals surface area contributed by atoms with Crippen LogP contribution in [0.15, 0.2) is 40.2 Å². The summed E-state index contributed by atoms with van der Waals surface area (Å²) in [6.45, 7) is -0.596. The summed E-state index contributed by atoms with van der Waals surface area (Å²) >= 11 is 0. The second kappa shape index (κ2) is 29.1. The van der Waals surface area contributed by atoms with E-state index in [2.05, 4.69) is 40.9 Å². The van der Waals surface area contributed by atoms with E-state index >= 15 is 0 Å². The maximum absolute atomic E-state index is 13.9. The van der Waals surface area contributed by atoms with E-state index < -0.39 is 153 Å². The Hall–Kier alpha value is -7.72. The summed E-state index contributed by atoms with van der Waals surface area (Å²) in [6.07, 6.45) is -15.1. The van der Waals surface area contributed by atoms with Gasteiger partial charge in [0.1, 0.15) is 60.8 Å². The van der Waals surface area contributed by atoms with Crippen LogP contribution in [0.1, 0.15) is 61.5 Å². The maximum Gasteiger partial charge on any atom is 0.326 e. The van der Waals surface area contributed by atoms with Crippen LogP contribution >= 0.6 is 0 Å². The molecule has 408 valence electrons. The third kappa shape index (κ3) is 18.7. The van der Waals surface area contributed by atoms with Gasteiger partial charge < -0.3 is 100 Å². The molecule has 74 heavy (non-hydrogen) atoms. The van der Waals surface area contributed by atoms with E-state index in [9.17, 15) is 89.4 Å². The van der Waals surface area contributed by atoms with Gasteiger partial charge in [-0.3, -0.25) is 43.5 Å². The van der Waals surface area contributed by atoms with Crippen molar-refractivity contribution in [3.05, 3.63) is 52.1 Å². The Morgan fingerprint density at radius 1 is 0.716 bits per heavy atom. The molecular formula is C42H62N14O18. The van der Waals surface area contributed by atoms with E-state index in [1.807, 2.05) is 16.0 Å². The number of aromatic amines is 1. The Kier molecular flexibility index (Phi) is 23.8. The number of hydrogen-bond acceptors (Lipinski definition) is 22. The van der Waals surface area contributed by atoms with Gasteiger partial charge in [-0.25, -0.2) is 14.8 Å². The van der Waals surface area contributed by atoms with Crippen molar-refractivity contribution >= 4 is 70.2 Å². The predicted octanol–water partition coefficient (Wildman–Crippen LogP) is -8.10. The fourth-order valence-electron chi connectivity index (χ4n) is 6.75. The number of nitrogens with zero attached hydrogens (tertiary/aromatic N) is 4. The van der Waals surface area contributed by atoms with E-state index in [-0.39, 0.29) is 48.1 Å². The minimum Gasteiger partial charge on any atom is -0.481 e. The summed E-state index contributed by atoms with van der Waals surface area (Å²) in [5.41, 5.74) is 16.3. The lowest BCUT2D eigenvalue weighted by molar-refractivity contribution is -0.144. The fourth-order valence-corrected chi connectivity index (χ4v) is 6.75. The summed E-state index contributed by atoms with van der Waals surface area (Å²) in [5, 5.41) is 115. The van der Waals surface area contributed by atoms with Crippen molar-refractivity contribution in [3.8, 4) is 0 Å².